The van der Waals surface area contributed by atoms with Crippen molar-refractivity contribution in [2.45, 2.75) is 19.9 Å². The number of aryl methyl sites for hydroxylation is 1. The highest BCUT2D eigenvalue weighted by Crippen LogP contribution is 2.13. The Morgan fingerprint density at radius 2 is 1.76 bits per heavy atom. The van der Waals surface area contributed by atoms with Crippen LogP contribution in [0.15, 0.2) is 24.3 Å². The summed E-state index contributed by atoms with van der Waals surface area (Å²) in [7, 11) is 1.95. The first-order chi connectivity index (χ1) is 8.27. The molecular weight excluding hydrogens is 214 g/mol. The topological polar surface area (TPSA) is 30.5 Å². The first-order valence-corrected chi connectivity index (χ1v) is 6.17. The highest BCUT2D eigenvalue weighted by Gasteiger charge is 2.08. The van der Waals surface area contributed by atoms with Crippen LogP contribution in [0.1, 0.15) is 24.1 Å². The average molecular weight is 237 g/mol. The highest BCUT2D eigenvalue weighted by atomic mass is 16.5. The van der Waals surface area contributed by atoms with Gasteiger partial charge in [0.15, 0.2) is 0 Å². The average Bonchev–Trinajstić information content (AvgIpc) is 2.35. The van der Waals surface area contributed by atoms with Gasteiger partial charge in [-0.1, -0.05) is 29.8 Å². The van der Waals surface area contributed by atoms with E-state index < -0.39 is 0 Å². The lowest BCUT2D eigenvalue weighted by Crippen LogP contribution is -2.22. The molecule has 0 saturated carbocycles. The number of hydrogen-bond donors (Lipinski definition) is 1. The van der Waals surface area contributed by atoms with Crippen LogP contribution in [0.3, 0.4) is 0 Å². The molecule has 3 nitrogen and oxygen atoms in total. The fourth-order valence-corrected chi connectivity index (χ4v) is 1.61. The summed E-state index contributed by atoms with van der Waals surface area (Å²) >= 11 is 0. The normalized spacial score (nSPS) is 12.6. The van der Waals surface area contributed by atoms with Crippen molar-refractivity contribution >= 4 is 0 Å². The summed E-state index contributed by atoms with van der Waals surface area (Å²) in [5, 5.41) is 3.26. The zero-order valence-corrected chi connectivity index (χ0v) is 11.0. The molecule has 0 bridgehead atoms. The molecule has 1 N–H and O–H groups in total. The quantitative estimate of drug-likeness (QED) is 0.704. The second-order valence-electron chi connectivity index (χ2n) is 4.02. The lowest BCUT2D eigenvalue weighted by molar-refractivity contribution is 0.0441. The Morgan fingerprint density at radius 1 is 1.12 bits per heavy atom. The lowest BCUT2D eigenvalue weighted by Gasteiger charge is -2.17. The summed E-state index contributed by atoms with van der Waals surface area (Å²) in [6.45, 7) is 6.82. The minimum Gasteiger partial charge on any atom is -0.379 e. The van der Waals surface area contributed by atoms with Crippen molar-refractivity contribution in [3.05, 3.63) is 35.4 Å². The van der Waals surface area contributed by atoms with Crippen molar-refractivity contribution in [3.8, 4) is 0 Å². The fraction of sp³-hybridized carbons (Fsp3) is 0.571. The molecule has 0 spiro atoms. The van der Waals surface area contributed by atoms with Crippen LogP contribution in [0, 0.1) is 6.92 Å². The molecule has 1 aromatic carbocycles. The van der Waals surface area contributed by atoms with Crippen LogP contribution in [-0.4, -0.2) is 33.5 Å². The van der Waals surface area contributed by atoms with Gasteiger partial charge < -0.3 is 14.8 Å². The number of likely N-dealkylation sites (N-methyl/N-ethyl adjacent to an activating group) is 1. The molecule has 0 saturated heterocycles. The lowest BCUT2D eigenvalue weighted by atomic mass is 10.1. The molecular formula is C14H23NO2. The van der Waals surface area contributed by atoms with Gasteiger partial charge in [-0.05, 0) is 26.5 Å². The summed E-state index contributed by atoms with van der Waals surface area (Å²) in [5.74, 6) is 0. The fourth-order valence-electron chi connectivity index (χ4n) is 1.61. The Labute approximate surface area is 104 Å². The van der Waals surface area contributed by atoms with Crippen LogP contribution < -0.4 is 5.32 Å². The zero-order chi connectivity index (χ0) is 12.5. The van der Waals surface area contributed by atoms with E-state index in [9.17, 15) is 0 Å². The van der Waals surface area contributed by atoms with Gasteiger partial charge in [0.2, 0.25) is 0 Å². The molecule has 17 heavy (non-hydrogen) atoms. The minimum atomic E-state index is 0.247. The molecule has 0 aliphatic heterocycles. The van der Waals surface area contributed by atoms with E-state index in [1.807, 2.05) is 14.0 Å². The van der Waals surface area contributed by atoms with Crippen molar-refractivity contribution in [1.82, 2.24) is 5.32 Å². The van der Waals surface area contributed by atoms with Gasteiger partial charge in [-0.3, -0.25) is 0 Å². The molecule has 0 heterocycles. The number of benzene rings is 1. The van der Waals surface area contributed by atoms with Gasteiger partial charge in [-0.2, -0.15) is 0 Å². The van der Waals surface area contributed by atoms with Crippen LogP contribution in [0.25, 0.3) is 0 Å². The number of nitrogens with one attached hydrogen (secondary N) is 1. The van der Waals surface area contributed by atoms with Crippen molar-refractivity contribution < 1.29 is 9.47 Å². The minimum absolute atomic E-state index is 0.247. The SMILES string of the molecule is CCOCCOCC(NC)c1ccc(C)cc1. The van der Waals surface area contributed by atoms with E-state index >= 15 is 0 Å². The maximum absolute atomic E-state index is 5.59. The Kier molecular flexibility index (Phi) is 6.86. The molecule has 0 radical (unpaired) electrons. The first kappa shape index (κ1) is 14.2. The number of ether oxygens (including phenoxy) is 2. The van der Waals surface area contributed by atoms with Gasteiger partial charge in [0.05, 0.1) is 25.9 Å². The molecule has 0 amide bonds. The predicted molar refractivity (Wildman–Crippen MR) is 70.3 cm³/mol. The van der Waals surface area contributed by atoms with E-state index in [1.54, 1.807) is 0 Å². The summed E-state index contributed by atoms with van der Waals surface area (Å²) in [6, 6.07) is 8.78. The van der Waals surface area contributed by atoms with Crippen molar-refractivity contribution in [3.63, 3.8) is 0 Å². The van der Waals surface area contributed by atoms with Gasteiger partial charge in [-0.15, -0.1) is 0 Å². The number of rotatable bonds is 8. The Bertz CT molecular complexity index is 298. The Hall–Kier alpha value is -0.900. The smallest absolute Gasteiger partial charge is 0.0701 e. The Morgan fingerprint density at radius 3 is 2.35 bits per heavy atom. The van der Waals surface area contributed by atoms with Gasteiger partial charge in [-0.25, -0.2) is 0 Å². The molecule has 0 aliphatic rings. The van der Waals surface area contributed by atoms with Gasteiger partial charge in [0, 0.05) is 6.61 Å². The van der Waals surface area contributed by atoms with Crippen molar-refractivity contribution in [2.75, 3.05) is 33.5 Å². The predicted octanol–water partition coefficient (Wildman–Crippen LogP) is 2.31. The molecule has 0 fully saturated rings. The maximum Gasteiger partial charge on any atom is 0.0701 e. The summed E-state index contributed by atoms with van der Waals surface area (Å²) in [6.07, 6.45) is 0. The molecule has 1 rings (SSSR count). The van der Waals surface area contributed by atoms with Gasteiger partial charge in [0.1, 0.15) is 0 Å². The largest absolute Gasteiger partial charge is 0.379 e. The third-order valence-electron chi connectivity index (χ3n) is 2.69. The van der Waals surface area contributed by atoms with E-state index in [1.165, 1.54) is 11.1 Å². The standard InChI is InChI=1S/C14H23NO2/c1-4-16-9-10-17-11-14(15-3)13-7-5-12(2)6-8-13/h5-8,14-15H,4,9-11H2,1-3H3. The second kappa shape index (κ2) is 8.23. The summed E-state index contributed by atoms with van der Waals surface area (Å²) < 4.78 is 10.8. The van der Waals surface area contributed by atoms with E-state index in [0.29, 0.717) is 19.8 Å². The van der Waals surface area contributed by atoms with Crippen LogP contribution in [0.4, 0.5) is 0 Å². The van der Waals surface area contributed by atoms with Crippen LogP contribution in [0.2, 0.25) is 0 Å². The van der Waals surface area contributed by atoms with Crippen LogP contribution >= 0.6 is 0 Å². The molecule has 3 heteroatoms. The van der Waals surface area contributed by atoms with E-state index in [4.69, 9.17) is 9.47 Å². The van der Waals surface area contributed by atoms with Crippen LogP contribution in [0.5, 0.6) is 0 Å². The molecule has 0 aliphatic carbocycles. The summed E-state index contributed by atoms with van der Waals surface area (Å²) in [4.78, 5) is 0. The maximum atomic E-state index is 5.59. The Balaban J connectivity index is 2.35. The molecule has 96 valence electrons. The molecule has 0 aromatic heterocycles. The molecule has 1 atom stereocenters. The third-order valence-corrected chi connectivity index (χ3v) is 2.69. The first-order valence-electron chi connectivity index (χ1n) is 6.17. The van der Waals surface area contributed by atoms with Gasteiger partial charge in [0.25, 0.3) is 0 Å². The third kappa shape index (κ3) is 5.31. The number of hydrogen-bond acceptors (Lipinski definition) is 3. The van der Waals surface area contributed by atoms with Gasteiger partial charge >= 0.3 is 0 Å². The van der Waals surface area contributed by atoms with E-state index in [-0.39, 0.29) is 6.04 Å². The van der Waals surface area contributed by atoms with E-state index in [2.05, 4.69) is 36.5 Å². The second-order valence-corrected chi connectivity index (χ2v) is 4.02. The highest BCUT2D eigenvalue weighted by molar-refractivity contribution is 5.24. The molecule has 1 unspecified atom stereocenters. The van der Waals surface area contributed by atoms with E-state index in [0.717, 1.165) is 6.61 Å². The van der Waals surface area contributed by atoms with Crippen LogP contribution in [-0.2, 0) is 9.47 Å². The van der Waals surface area contributed by atoms with Crippen molar-refractivity contribution in [1.29, 1.82) is 0 Å². The monoisotopic (exact) mass is 237 g/mol. The zero-order valence-electron chi connectivity index (χ0n) is 11.0. The summed E-state index contributed by atoms with van der Waals surface area (Å²) in [5.41, 5.74) is 2.54. The van der Waals surface area contributed by atoms with Crippen molar-refractivity contribution in [2.24, 2.45) is 0 Å². The molecule has 1 aromatic rings.